The van der Waals surface area contributed by atoms with E-state index in [0.29, 0.717) is 48.8 Å². The van der Waals surface area contributed by atoms with Crippen LogP contribution in [0.4, 0.5) is 0 Å². The van der Waals surface area contributed by atoms with Gasteiger partial charge in [0.25, 0.3) is 5.91 Å². The van der Waals surface area contributed by atoms with Gasteiger partial charge in [0.2, 0.25) is 10.0 Å². The highest BCUT2D eigenvalue weighted by Gasteiger charge is 2.32. The van der Waals surface area contributed by atoms with Gasteiger partial charge >= 0.3 is 0 Å². The van der Waals surface area contributed by atoms with E-state index < -0.39 is 10.0 Å². The fourth-order valence-corrected chi connectivity index (χ4v) is 5.13. The maximum atomic E-state index is 13.0. The van der Waals surface area contributed by atoms with Crippen molar-refractivity contribution >= 4 is 15.9 Å². The summed E-state index contributed by atoms with van der Waals surface area (Å²) < 4.78 is 32.7. The highest BCUT2D eigenvalue weighted by molar-refractivity contribution is 7.89. The summed E-state index contributed by atoms with van der Waals surface area (Å²) in [5.41, 5.74) is 1.52. The number of carbonyl (C=O) groups is 1. The van der Waals surface area contributed by atoms with Crippen LogP contribution in [0, 0.1) is 13.8 Å². The number of carbonyl (C=O) groups excluding carboxylic acids is 1. The molecule has 1 aromatic heterocycles. The van der Waals surface area contributed by atoms with Gasteiger partial charge in [-0.25, -0.2) is 8.42 Å². The number of hydrogen-bond donors (Lipinski definition) is 1. The maximum Gasteiger partial charge on any atom is 0.254 e. The average Bonchev–Trinajstić information content (AvgIpc) is 2.87. The number of sulfonamides is 1. The van der Waals surface area contributed by atoms with Crippen molar-refractivity contribution < 1.29 is 17.9 Å². The minimum Gasteiger partial charge on any atom is -0.497 e. The zero-order chi connectivity index (χ0) is 19.6. The van der Waals surface area contributed by atoms with Crippen LogP contribution < -0.4 is 4.74 Å². The van der Waals surface area contributed by atoms with Crippen LogP contribution in [0.2, 0.25) is 0 Å². The molecule has 2 heterocycles. The third-order valence-corrected chi connectivity index (χ3v) is 6.88. The number of nitrogens with zero attached hydrogens (tertiary/aromatic N) is 3. The smallest absolute Gasteiger partial charge is 0.254 e. The topological polar surface area (TPSA) is 95.6 Å². The first-order valence-electron chi connectivity index (χ1n) is 8.79. The van der Waals surface area contributed by atoms with E-state index in [4.69, 9.17) is 4.74 Å². The van der Waals surface area contributed by atoms with E-state index in [-0.39, 0.29) is 17.3 Å². The number of hydrogen-bond acceptors (Lipinski definition) is 5. The molecule has 1 aliphatic heterocycles. The van der Waals surface area contributed by atoms with Crippen LogP contribution in [-0.4, -0.2) is 67.0 Å². The first-order chi connectivity index (χ1) is 12.8. The summed E-state index contributed by atoms with van der Waals surface area (Å²) in [6.07, 6.45) is 0.574. The van der Waals surface area contributed by atoms with Gasteiger partial charge in [0.05, 0.1) is 18.5 Å². The zero-order valence-electron chi connectivity index (χ0n) is 15.7. The molecule has 0 saturated carbocycles. The molecule has 1 N–H and O–H groups in total. The molecule has 0 radical (unpaired) electrons. The predicted molar refractivity (Wildman–Crippen MR) is 100 cm³/mol. The molecule has 1 aromatic carbocycles. The lowest BCUT2D eigenvalue weighted by Gasteiger charge is -2.22. The number of aromatic amines is 1. The quantitative estimate of drug-likeness (QED) is 0.852. The first kappa shape index (κ1) is 19.4. The second-order valence-electron chi connectivity index (χ2n) is 6.54. The van der Waals surface area contributed by atoms with Crippen LogP contribution in [0.25, 0.3) is 0 Å². The molecule has 1 fully saturated rings. The van der Waals surface area contributed by atoms with E-state index in [1.165, 1.54) is 4.31 Å². The van der Waals surface area contributed by atoms with Crippen molar-refractivity contribution in [2.24, 2.45) is 0 Å². The van der Waals surface area contributed by atoms with Crippen molar-refractivity contribution in [2.75, 3.05) is 33.3 Å². The Morgan fingerprint density at radius 1 is 1.19 bits per heavy atom. The molecular formula is C18H24N4O4S. The van der Waals surface area contributed by atoms with Crippen LogP contribution in [-0.2, 0) is 10.0 Å². The van der Waals surface area contributed by atoms with Gasteiger partial charge in [-0.05, 0) is 38.5 Å². The highest BCUT2D eigenvalue weighted by Crippen LogP contribution is 2.23. The van der Waals surface area contributed by atoms with Crippen molar-refractivity contribution in [2.45, 2.75) is 25.2 Å². The predicted octanol–water partition coefficient (Wildman–Crippen LogP) is 1.57. The van der Waals surface area contributed by atoms with Crippen LogP contribution in [0.5, 0.6) is 5.75 Å². The Kier molecular flexibility index (Phi) is 5.52. The lowest BCUT2D eigenvalue weighted by molar-refractivity contribution is 0.0764. The number of benzene rings is 1. The maximum absolute atomic E-state index is 13.0. The second kappa shape index (κ2) is 7.69. The molecule has 2 aromatic rings. The van der Waals surface area contributed by atoms with Crippen LogP contribution in [0.3, 0.4) is 0 Å². The number of rotatable bonds is 4. The summed E-state index contributed by atoms with van der Waals surface area (Å²) in [7, 11) is -2.09. The van der Waals surface area contributed by atoms with Crippen LogP contribution >= 0.6 is 0 Å². The molecule has 0 aliphatic carbocycles. The first-order valence-corrected chi connectivity index (χ1v) is 10.2. The van der Waals surface area contributed by atoms with Gasteiger partial charge in [0.1, 0.15) is 10.6 Å². The van der Waals surface area contributed by atoms with Gasteiger partial charge in [-0.2, -0.15) is 9.40 Å². The molecule has 3 rings (SSSR count). The van der Waals surface area contributed by atoms with E-state index in [2.05, 4.69) is 10.2 Å². The molecule has 1 amide bonds. The minimum absolute atomic E-state index is 0.121. The monoisotopic (exact) mass is 392 g/mol. The molecule has 0 bridgehead atoms. The summed E-state index contributed by atoms with van der Waals surface area (Å²) in [4.78, 5) is 14.7. The molecular weight excluding hydrogens is 368 g/mol. The van der Waals surface area contributed by atoms with Gasteiger partial charge in [-0.1, -0.05) is 6.07 Å². The Morgan fingerprint density at radius 2 is 1.96 bits per heavy atom. The molecule has 0 spiro atoms. The SMILES string of the molecule is COc1cccc(C(=O)N2CCCN(S(=O)(=O)c3c(C)n[nH]c3C)CC2)c1. The Balaban J connectivity index is 1.76. The fourth-order valence-electron chi connectivity index (χ4n) is 3.33. The van der Waals surface area contributed by atoms with Gasteiger partial charge in [0.15, 0.2) is 0 Å². The van der Waals surface area contributed by atoms with E-state index in [1.807, 2.05) is 0 Å². The van der Waals surface area contributed by atoms with Gasteiger partial charge in [-0.15, -0.1) is 0 Å². The molecule has 8 nitrogen and oxygen atoms in total. The Morgan fingerprint density at radius 3 is 2.63 bits per heavy atom. The Hall–Kier alpha value is -2.39. The largest absolute Gasteiger partial charge is 0.497 e. The number of methoxy groups -OCH3 is 1. The Bertz CT molecular complexity index is 919. The standard InChI is InChI=1S/C18H24N4O4S/c1-13-17(14(2)20-19-13)27(24,25)22-9-5-8-21(10-11-22)18(23)15-6-4-7-16(12-15)26-3/h4,6-7,12H,5,8-11H2,1-3H3,(H,19,20). The molecule has 0 atom stereocenters. The molecule has 27 heavy (non-hydrogen) atoms. The number of ether oxygens (including phenoxy) is 1. The molecule has 146 valence electrons. The summed E-state index contributed by atoms with van der Waals surface area (Å²) >= 11 is 0. The average molecular weight is 392 g/mol. The zero-order valence-corrected chi connectivity index (χ0v) is 16.5. The van der Waals surface area contributed by atoms with Gasteiger partial charge < -0.3 is 9.64 Å². The van der Waals surface area contributed by atoms with Crippen LogP contribution in [0.1, 0.15) is 28.2 Å². The van der Waals surface area contributed by atoms with Crippen molar-refractivity contribution in [3.8, 4) is 5.75 Å². The molecule has 9 heteroatoms. The third kappa shape index (κ3) is 3.84. The second-order valence-corrected chi connectivity index (χ2v) is 8.42. The molecule has 1 saturated heterocycles. The number of aromatic nitrogens is 2. The molecule has 0 unspecified atom stereocenters. The number of H-pyrrole nitrogens is 1. The lowest BCUT2D eigenvalue weighted by atomic mass is 10.2. The summed E-state index contributed by atoms with van der Waals surface area (Å²) in [5.74, 6) is 0.495. The fraction of sp³-hybridized carbons (Fsp3) is 0.444. The third-order valence-electron chi connectivity index (χ3n) is 4.72. The molecule has 1 aliphatic rings. The van der Waals surface area contributed by atoms with E-state index >= 15 is 0 Å². The van der Waals surface area contributed by atoms with Crippen molar-refractivity contribution in [3.05, 3.63) is 41.2 Å². The van der Waals surface area contributed by atoms with Crippen molar-refractivity contribution in [1.82, 2.24) is 19.4 Å². The number of amides is 1. The van der Waals surface area contributed by atoms with Crippen molar-refractivity contribution in [1.29, 1.82) is 0 Å². The normalized spacial score (nSPS) is 16.2. The Labute approximate surface area is 159 Å². The van der Waals surface area contributed by atoms with E-state index in [1.54, 1.807) is 50.1 Å². The van der Waals surface area contributed by atoms with Crippen LogP contribution in [0.15, 0.2) is 29.2 Å². The summed E-state index contributed by atoms with van der Waals surface area (Å²) in [5, 5.41) is 6.72. The number of aryl methyl sites for hydroxylation is 2. The van der Waals surface area contributed by atoms with Gasteiger partial charge in [0, 0.05) is 31.7 Å². The van der Waals surface area contributed by atoms with Crippen molar-refractivity contribution in [3.63, 3.8) is 0 Å². The summed E-state index contributed by atoms with van der Waals surface area (Å²) in [6, 6.07) is 6.98. The van der Waals surface area contributed by atoms with Gasteiger partial charge in [-0.3, -0.25) is 9.89 Å². The minimum atomic E-state index is -3.65. The van der Waals surface area contributed by atoms with E-state index in [0.717, 1.165) is 0 Å². The number of nitrogens with one attached hydrogen (secondary N) is 1. The van der Waals surface area contributed by atoms with E-state index in [9.17, 15) is 13.2 Å². The highest BCUT2D eigenvalue weighted by atomic mass is 32.2. The summed E-state index contributed by atoms with van der Waals surface area (Å²) in [6.45, 7) is 4.84. The lowest BCUT2D eigenvalue weighted by Crippen LogP contribution is -2.37.